The summed E-state index contributed by atoms with van der Waals surface area (Å²) in [6.45, 7) is 4.32. The number of cyclic esters (lactones) is 1. The molecule has 0 radical (unpaired) electrons. The summed E-state index contributed by atoms with van der Waals surface area (Å²) in [7, 11) is 0. The molecular weight excluding hydrogens is 415 g/mol. The van der Waals surface area contributed by atoms with Crippen LogP contribution in [0.5, 0.6) is 0 Å². The fourth-order valence-electron chi connectivity index (χ4n) is 3.76. The third kappa shape index (κ3) is 3.57. The standard InChI is InChI=1S/C21H19FN8O2/c1-12-16(5-6-19(24-12)20-13(2)25-27-26-20)17-4-3-14(9-18(17)22)30-11-15(32-21(30)31)10-29-8-7-23-28-29/h3-9,15H,10-11H2,1-2H3,(H,25,26,27)/t15-/m0/s1. The molecule has 4 aromatic rings. The Morgan fingerprint density at radius 2 is 2.00 bits per heavy atom. The minimum absolute atomic E-state index is 0.295. The van der Waals surface area contributed by atoms with Gasteiger partial charge >= 0.3 is 6.09 Å². The van der Waals surface area contributed by atoms with Crippen LogP contribution in [0.2, 0.25) is 0 Å². The number of ether oxygens (including phenoxy) is 1. The van der Waals surface area contributed by atoms with Gasteiger partial charge in [-0.2, -0.15) is 15.4 Å². The molecule has 162 valence electrons. The molecule has 0 unspecified atom stereocenters. The van der Waals surface area contributed by atoms with Gasteiger partial charge in [0.2, 0.25) is 0 Å². The highest BCUT2D eigenvalue weighted by Crippen LogP contribution is 2.31. The van der Waals surface area contributed by atoms with Gasteiger partial charge in [-0.1, -0.05) is 11.3 Å². The van der Waals surface area contributed by atoms with Gasteiger partial charge in [0.25, 0.3) is 0 Å². The van der Waals surface area contributed by atoms with Crippen molar-refractivity contribution in [2.45, 2.75) is 26.5 Å². The summed E-state index contributed by atoms with van der Waals surface area (Å²) in [6.07, 6.45) is 2.33. The SMILES string of the molecule is Cc1nc(-c2n[nH]nc2C)ccc1-c1ccc(N2C[C@H](Cn3ccnn3)OC2=O)cc1F. The van der Waals surface area contributed by atoms with E-state index in [9.17, 15) is 4.79 Å². The van der Waals surface area contributed by atoms with Gasteiger partial charge in [0.15, 0.2) is 0 Å². The van der Waals surface area contributed by atoms with E-state index in [-0.39, 0.29) is 0 Å². The number of benzene rings is 1. The Morgan fingerprint density at radius 1 is 1.16 bits per heavy atom. The number of H-pyrrole nitrogens is 1. The number of nitrogens with one attached hydrogen (secondary N) is 1. The molecule has 1 amide bonds. The van der Waals surface area contributed by atoms with Crippen LogP contribution in [0.15, 0.2) is 42.7 Å². The van der Waals surface area contributed by atoms with E-state index in [1.54, 1.807) is 35.3 Å². The molecule has 1 aromatic carbocycles. The summed E-state index contributed by atoms with van der Waals surface area (Å²) in [4.78, 5) is 18.3. The van der Waals surface area contributed by atoms with Gasteiger partial charge in [0, 0.05) is 23.0 Å². The molecule has 3 aromatic heterocycles. The maximum atomic E-state index is 15.1. The van der Waals surface area contributed by atoms with Crippen LogP contribution in [0, 0.1) is 19.7 Å². The quantitative estimate of drug-likeness (QED) is 0.514. The summed E-state index contributed by atoms with van der Waals surface area (Å²) >= 11 is 0. The Balaban J connectivity index is 1.38. The van der Waals surface area contributed by atoms with Gasteiger partial charge in [-0.3, -0.25) is 9.88 Å². The van der Waals surface area contributed by atoms with Crippen LogP contribution in [0.25, 0.3) is 22.5 Å². The number of carbonyl (C=O) groups excluding carboxylic acids is 1. The topological polar surface area (TPSA) is 115 Å². The third-order valence-corrected chi connectivity index (χ3v) is 5.34. The Morgan fingerprint density at radius 3 is 2.69 bits per heavy atom. The van der Waals surface area contributed by atoms with E-state index in [0.717, 1.165) is 5.69 Å². The van der Waals surface area contributed by atoms with E-state index in [1.165, 1.54) is 11.0 Å². The van der Waals surface area contributed by atoms with E-state index < -0.39 is 18.0 Å². The molecular formula is C21H19FN8O2. The first-order valence-corrected chi connectivity index (χ1v) is 9.97. The van der Waals surface area contributed by atoms with E-state index in [1.807, 2.05) is 19.9 Å². The molecule has 1 fully saturated rings. The van der Waals surface area contributed by atoms with Crippen LogP contribution in [0.4, 0.5) is 14.9 Å². The first-order valence-electron chi connectivity index (χ1n) is 9.97. The molecule has 1 N–H and O–H groups in total. The molecule has 5 rings (SSSR count). The fourth-order valence-corrected chi connectivity index (χ4v) is 3.76. The number of amides is 1. The van der Waals surface area contributed by atoms with Gasteiger partial charge < -0.3 is 4.74 Å². The molecule has 1 aliphatic rings. The minimum Gasteiger partial charge on any atom is -0.442 e. The third-order valence-electron chi connectivity index (χ3n) is 5.34. The lowest BCUT2D eigenvalue weighted by atomic mass is 10.0. The van der Waals surface area contributed by atoms with Crippen molar-refractivity contribution < 1.29 is 13.9 Å². The highest BCUT2D eigenvalue weighted by Gasteiger charge is 2.33. The molecule has 11 heteroatoms. The minimum atomic E-state index is -0.521. The van der Waals surface area contributed by atoms with Gasteiger partial charge in [-0.05, 0) is 38.1 Å². The van der Waals surface area contributed by atoms with Crippen LogP contribution in [-0.4, -0.2) is 54.1 Å². The number of nitrogens with zero attached hydrogens (tertiary/aromatic N) is 7. The second kappa shape index (κ2) is 7.84. The summed E-state index contributed by atoms with van der Waals surface area (Å²) in [6, 6.07) is 8.28. The highest BCUT2D eigenvalue weighted by molar-refractivity contribution is 5.90. The van der Waals surface area contributed by atoms with E-state index >= 15 is 4.39 Å². The Bertz CT molecular complexity index is 1290. The number of carbonyl (C=O) groups is 1. The molecule has 32 heavy (non-hydrogen) atoms. The number of hydrogen-bond acceptors (Lipinski definition) is 7. The lowest BCUT2D eigenvalue weighted by Crippen LogP contribution is -2.26. The molecule has 1 saturated heterocycles. The average Bonchev–Trinajstić information content (AvgIpc) is 3.51. The monoisotopic (exact) mass is 434 g/mol. The lowest BCUT2D eigenvalue weighted by Gasteiger charge is -2.15. The van der Waals surface area contributed by atoms with Crippen LogP contribution in [0.3, 0.4) is 0 Å². The van der Waals surface area contributed by atoms with Crippen molar-refractivity contribution in [2.75, 3.05) is 11.4 Å². The number of hydrogen-bond donors (Lipinski definition) is 1. The lowest BCUT2D eigenvalue weighted by molar-refractivity contribution is 0.129. The normalized spacial score (nSPS) is 15.9. The van der Waals surface area contributed by atoms with Crippen molar-refractivity contribution in [3.8, 4) is 22.5 Å². The van der Waals surface area contributed by atoms with Crippen LogP contribution < -0.4 is 4.90 Å². The summed E-state index contributed by atoms with van der Waals surface area (Å²) in [5.41, 5.74) is 4.19. The van der Waals surface area contributed by atoms with Crippen molar-refractivity contribution in [1.29, 1.82) is 0 Å². The number of halogens is 1. The number of anilines is 1. The Kier molecular flexibility index (Phi) is 4.85. The molecule has 0 aliphatic carbocycles. The molecule has 1 atom stereocenters. The Labute approximate surface area is 182 Å². The first-order chi connectivity index (χ1) is 15.5. The number of aryl methyl sites for hydroxylation is 2. The van der Waals surface area contributed by atoms with Crippen LogP contribution in [0.1, 0.15) is 11.4 Å². The summed E-state index contributed by atoms with van der Waals surface area (Å²) < 4.78 is 22.1. The molecule has 4 heterocycles. The van der Waals surface area contributed by atoms with Gasteiger partial charge in [-0.15, -0.1) is 5.10 Å². The number of pyridine rings is 1. The van der Waals surface area contributed by atoms with E-state index in [0.29, 0.717) is 47.0 Å². The van der Waals surface area contributed by atoms with Crippen molar-refractivity contribution in [3.63, 3.8) is 0 Å². The van der Waals surface area contributed by atoms with Crippen molar-refractivity contribution >= 4 is 11.8 Å². The maximum Gasteiger partial charge on any atom is 0.414 e. The smallest absolute Gasteiger partial charge is 0.414 e. The zero-order valence-electron chi connectivity index (χ0n) is 17.4. The number of aromatic nitrogens is 7. The largest absolute Gasteiger partial charge is 0.442 e. The van der Waals surface area contributed by atoms with Crippen molar-refractivity contribution in [1.82, 2.24) is 35.4 Å². The average molecular weight is 434 g/mol. The summed E-state index contributed by atoms with van der Waals surface area (Å²) in [5, 5.41) is 18.3. The zero-order chi connectivity index (χ0) is 22.2. The fraction of sp³-hybridized carbons (Fsp3) is 0.238. The molecule has 10 nitrogen and oxygen atoms in total. The Hall–Kier alpha value is -4.15. The van der Waals surface area contributed by atoms with Gasteiger partial charge in [0.05, 0.1) is 36.4 Å². The van der Waals surface area contributed by atoms with Crippen LogP contribution in [-0.2, 0) is 11.3 Å². The van der Waals surface area contributed by atoms with Crippen molar-refractivity contribution in [3.05, 3.63) is 59.9 Å². The molecule has 0 bridgehead atoms. The van der Waals surface area contributed by atoms with Gasteiger partial charge in [0.1, 0.15) is 17.6 Å². The second-order valence-corrected chi connectivity index (χ2v) is 7.49. The predicted molar refractivity (Wildman–Crippen MR) is 112 cm³/mol. The second-order valence-electron chi connectivity index (χ2n) is 7.49. The van der Waals surface area contributed by atoms with Crippen molar-refractivity contribution in [2.24, 2.45) is 0 Å². The van der Waals surface area contributed by atoms with E-state index in [4.69, 9.17) is 4.74 Å². The van der Waals surface area contributed by atoms with Gasteiger partial charge in [-0.25, -0.2) is 13.9 Å². The molecule has 0 saturated carbocycles. The first kappa shape index (κ1) is 19.8. The maximum absolute atomic E-state index is 15.1. The number of aromatic amines is 1. The predicted octanol–water partition coefficient (Wildman–Crippen LogP) is 2.91. The zero-order valence-corrected chi connectivity index (χ0v) is 17.4. The van der Waals surface area contributed by atoms with E-state index in [2.05, 4.69) is 30.7 Å². The molecule has 0 spiro atoms. The summed E-state index contributed by atoms with van der Waals surface area (Å²) in [5.74, 6) is -0.453. The number of rotatable bonds is 5. The molecule has 1 aliphatic heterocycles. The van der Waals surface area contributed by atoms with Crippen LogP contribution >= 0.6 is 0 Å². The highest BCUT2D eigenvalue weighted by atomic mass is 19.1.